The number of amides is 1. The first kappa shape index (κ1) is 17.2. The van der Waals surface area contributed by atoms with E-state index in [0.717, 1.165) is 21.9 Å². The van der Waals surface area contributed by atoms with Gasteiger partial charge in [0.15, 0.2) is 5.69 Å². The molecule has 2 heterocycles. The van der Waals surface area contributed by atoms with E-state index in [1.807, 2.05) is 53.9 Å². The van der Waals surface area contributed by atoms with Gasteiger partial charge in [0.1, 0.15) is 6.61 Å². The molecule has 0 bridgehead atoms. The van der Waals surface area contributed by atoms with Crippen LogP contribution in [-0.4, -0.2) is 28.6 Å². The molecule has 0 saturated heterocycles. The van der Waals surface area contributed by atoms with Crippen LogP contribution in [0.25, 0.3) is 21.0 Å². The number of rotatable bonds is 6. The Hall–Kier alpha value is -3.19. The van der Waals surface area contributed by atoms with Crippen molar-refractivity contribution in [2.45, 2.75) is 13.0 Å². The zero-order valence-electron chi connectivity index (χ0n) is 14.4. The van der Waals surface area contributed by atoms with Crippen LogP contribution in [0.2, 0.25) is 0 Å². The van der Waals surface area contributed by atoms with Crippen LogP contribution >= 0.6 is 11.3 Å². The summed E-state index contributed by atoms with van der Waals surface area (Å²) in [4.78, 5) is 24.2. The molecule has 1 amide bonds. The summed E-state index contributed by atoms with van der Waals surface area (Å²) in [7, 11) is 0. The van der Waals surface area contributed by atoms with E-state index in [4.69, 9.17) is 4.74 Å². The van der Waals surface area contributed by atoms with Gasteiger partial charge >= 0.3 is 5.97 Å². The van der Waals surface area contributed by atoms with E-state index in [2.05, 4.69) is 15.5 Å². The lowest BCUT2D eigenvalue weighted by Crippen LogP contribution is -2.27. The lowest BCUT2D eigenvalue weighted by atomic mass is 10.2. The number of esters is 1. The highest BCUT2D eigenvalue weighted by atomic mass is 32.1. The summed E-state index contributed by atoms with van der Waals surface area (Å²) in [5.41, 5.74) is 2.12. The number of carbonyl (C=O) groups is 2. The lowest BCUT2D eigenvalue weighted by molar-refractivity contribution is -0.144. The Bertz CT molecular complexity index is 1120. The Labute approximate surface area is 159 Å². The van der Waals surface area contributed by atoms with Gasteiger partial charge in [0, 0.05) is 22.2 Å². The van der Waals surface area contributed by atoms with Gasteiger partial charge in [0.25, 0.3) is 5.91 Å². The monoisotopic (exact) mass is 379 g/mol. The van der Waals surface area contributed by atoms with Crippen LogP contribution in [0, 0.1) is 0 Å². The molecule has 2 aromatic heterocycles. The van der Waals surface area contributed by atoms with Gasteiger partial charge < -0.3 is 10.1 Å². The quantitative estimate of drug-likeness (QED) is 0.501. The van der Waals surface area contributed by atoms with Gasteiger partial charge in [0.05, 0.1) is 11.9 Å². The van der Waals surface area contributed by atoms with Gasteiger partial charge in [-0.1, -0.05) is 36.4 Å². The van der Waals surface area contributed by atoms with Crippen molar-refractivity contribution in [1.29, 1.82) is 0 Å². The summed E-state index contributed by atoms with van der Waals surface area (Å²) in [5.74, 6) is -0.665. The number of aromatic amines is 1. The number of thiophene rings is 1. The summed E-state index contributed by atoms with van der Waals surface area (Å²) in [6.07, 6.45) is 0.107. The summed E-state index contributed by atoms with van der Waals surface area (Å²) in [5, 5.41) is 13.4. The first-order valence-electron chi connectivity index (χ1n) is 8.54. The molecule has 0 atom stereocenters. The summed E-state index contributed by atoms with van der Waals surface area (Å²) < 4.78 is 6.50. The van der Waals surface area contributed by atoms with E-state index >= 15 is 0 Å². The second-order valence-electron chi connectivity index (χ2n) is 6.04. The highest BCUT2D eigenvalue weighted by molar-refractivity contribution is 7.17. The SMILES string of the molecule is O=C(CCNC(=O)c1n[nH]c2ccccc12)OCc1csc2ccccc12. The number of hydrogen-bond donors (Lipinski definition) is 2. The zero-order chi connectivity index (χ0) is 18.6. The molecule has 0 fully saturated rings. The lowest BCUT2D eigenvalue weighted by Gasteiger charge is -2.05. The maximum atomic E-state index is 12.2. The van der Waals surface area contributed by atoms with Gasteiger partial charge in [-0.25, -0.2) is 0 Å². The molecule has 0 aliphatic rings. The van der Waals surface area contributed by atoms with E-state index in [1.54, 1.807) is 11.3 Å². The van der Waals surface area contributed by atoms with Crippen molar-refractivity contribution in [3.05, 3.63) is 65.2 Å². The Morgan fingerprint density at radius 1 is 1.07 bits per heavy atom. The molecular formula is C20H17N3O3S. The Kier molecular flexibility index (Phi) is 4.84. The third-order valence-corrected chi connectivity index (χ3v) is 5.26. The van der Waals surface area contributed by atoms with Gasteiger partial charge in [-0.2, -0.15) is 5.10 Å². The molecular weight excluding hydrogens is 362 g/mol. The third-order valence-electron chi connectivity index (χ3n) is 4.25. The van der Waals surface area contributed by atoms with E-state index in [9.17, 15) is 9.59 Å². The molecule has 0 aliphatic heterocycles. The fourth-order valence-electron chi connectivity index (χ4n) is 2.87. The minimum atomic E-state index is -0.350. The van der Waals surface area contributed by atoms with Crippen molar-refractivity contribution in [2.75, 3.05) is 6.54 Å². The maximum Gasteiger partial charge on any atom is 0.307 e. The summed E-state index contributed by atoms with van der Waals surface area (Å²) >= 11 is 1.63. The van der Waals surface area contributed by atoms with Crippen molar-refractivity contribution in [2.24, 2.45) is 0 Å². The van der Waals surface area contributed by atoms with Crippen LogP contribution in [0.1, 0.15) is 22.5 Å². The molecule has 6 nitrogen and oxygen atoms in total. The number of hydrogen-bond acceptors (Lipinski definition) is 5. The van der Waals surface area contributed by atoms with Crippen LogP contribution in [-0.2, 0) is 16.1 Å². The highest BCUT2D eigenvalue weighted by Crippen LogP contribution is 2.26. The fourth-order valence-corrected chi connectivity index (χ4v) is 3.82. The molecule has 4 rings (SSSR count). The van der Waals surface area contributed by atoms with Crippen LogP contribution in [0.4, 0.5) is 0 Å². The number of carbonyl (C=O) groups excluding carboxylic acids is 2. The molecule has 2 aromatic carbocycles. The van der Waals surface area contributed by atoms with Crippen molar-refractivity contribution in [1.82, 2.24) is 15.5 Å². The predicted octanol–water partition coefficient (Wildman–Crippen LogP) is 3.64. The smallest absolute Gasteiger partial charge is 0.307 e. The second-order valence-corrected chi connectivity index (χ2v) is 6.95. The Morgan fingerprint density at radius 3 is 2.74 bits per heavy atom. The number of H-pyrrole nitrogens is 1. The highest BCUT2D eigenvalue weighted by Gasteiger charge is 2.14. The molecule has 2 N–H and O–H groups in total. The summed E-state index contributed by atoms with van der Waals surface area (Å²) in [6.45, 7) is 0.435. The molecule has 7 heteroatoms. The molecule has 0 radical (unpaired) electrons. The topological polar surface area (TPSA) is 84.1 Å². The van der Waals surface area contributed by atoms with Crippen molar-refractivity contribution < 1.29 is 14.3 Å². The maximum absolute atomic E-state index is 12.2. The number of ether oxygens (including phenoxy) is 1. The number of fused-ring (bicyclic) bond motifs is 2. The number of aromatic nitrogens is 2. The number of nitrogens with one attached hydrogen (secondary N) is 2. The molecule has 0 aliphatic carbocycles. The van der Waals surface area contributed by atoms with Gasteiger partial charge in [-0.15, -0.1) is 11.3 Å². The van der Waals surface area contributed by atoms with Crippen molar-refractivity contribution >= 4 is 44.2 Å². The Balaban J connectivity index is 1.27. The molecule has 0 unspecified atom stereocenters. The molecule has 0 spiro atoms. The van der Waals surface area contributed by atoms with E-state index in [1.165, 1.54) is 4.70 Å². The van der Waals surface area contributed by atoms with Crippen LogP contribution in [0.15, 0.2) is 53.9 Å². The van der Waals surface area contributed by atoms with Crippen LogP contribution in [0.5, 0.6) is 0 Å². The van der Waals surface area contributed by atoms with Crippen molar-refractivity contribution in [3.8, 4) is 0 Å². The van der Waals surface area contributed by atoms with Crippen molar-refractivity contribution in [3.63, 3.8) is 0 Å². The average Bonchev–Trinajstić information content (AvgIpc) is 3.30. The Morgan fingerprint density at radius 2 is 1.85 bits per heavy atom. The van der Waals surface area contributed by atoms with Gasteiger partial charge in [-0.3, -0.25) is 14.7 Å². The van der Waals surface area contributed by atoms with Gasteiger partial charge in [-0.05, 0) is 22.9 Å². The van der Waals surface area contributed by atoms with E-state index < -0.39 is 0 Å². The first-order valence-corrected chi connectivity index (χ1v) is 9.42. The molecule has 136 valence electrons. The number of nitrogens with zero attached hydrogens (tertiary/aromatic N) is 1. The second kappa shape index (κ2) is 7.59. The predicted molar refractivity (Wildman–Crippen MR) is 105 cm³/mol. The number of benzene rings is 2. The van der Waals surface area contributed by atoms with E-state index in [-0.39, 0.29) is 31.4 Å². The van der Waals surface area contributed by atoms with Crippen LogP contribution < -0.4 is 5.32 Å². The van der Waals surface area contributed by atoms with E-state index in [0.29, 0.717) is 5.69 Å². The standard InChI is InChI=1S/C20H17N3O3S/c24-18(26-11-13-12-27-17-8-4-2-5-14(13)17)9-10-21-20(25)19-15-6-1-3-7-16(15)22-23-19/h1-8,12H,9-11H2,(H,21,25)(H,22,23). The largest absolute Gasteiger partial charge is 0.461 e. The first-order chi connectivity index (χ1) is 13.2. The van der Waals surface area contributed by atoms with Crippen LogP contribution in [0.3, 0.4) is 0 Å². The molecule has 27 heavy (non-hydrogen) atoms. The molecule has 0 saturated carbocycles. The minimum absolute atomic E-state index is 0.107. The molecule has 4 aromatic rings. The fraction of sp³-hybridized carbons (Fsp3) is 0.150. The minimum Gasteiger partial charge on any atom is -0.461 e. The summed E-state index contributed by atoms with van der Waals surface area (Å²) in [6, 6.07) is 15.4. The average molecular weight is 379 g/mol. The van der Waals surface area contributed by atoms with Gasteiger partial charge in [0.2, 0.25) is 0 Å². The normalized spacial score (nSPS) is 11.0. The number of para-hydroxylation sites is 1. The zero-order valence-corrected chi connectivity index (χ0v) is 15.2. The third kappa shape index (κ3) is 3.68.